The third-order valence-electron chi connectivity index (χ3n) is 6.88. The molecule has 0 bridgehead atoms. The highest BCUT2D eigenvalue weighted by Gasteiger charge is 2.33. The predicted octanol–water partition coefficient (Wildman–Crippen LogP) is 5.53. The lowest BCUT2D eigenvalue weighted by atomic mass is 9.96. The van der Waals surface area contributed by atoms with E-state index < -0.39 is 0 Å². The van der Waals surface area contributed by atoms with E-state index in [1.54, 1.807) is 17.5 Å². The summed E-state index contributed by atoms with van der Waals surface area (Å²) in [5.41, 5.74) is 14.4. The van der Waals surface area contributed by atoms with E-state index in [-0.39, 0.29) is 11.5 Å². The van der Waals surface area contributed by atoms with Crippen molar-refractivity contribution in [1.29, 1.82) is 10.5 Å². The molecule has 2 aliphatic rings. The molecule has 0 amide bonds. The van der Waals surface area contributed by atoms with Gasteiger partial charge in [0, 0.05) is 36.1 Å². The standard InChI is InChI=1S/C29H29N9S/c1-29(2,3)15-33-26-18(12-31)13-32-25-17(11-30)9-19(10-22(25)26)35-27(24-14-38(37-36-24)20-7-8-20)21-5-4-6-23-28(21)39-16-34-23/h4-6,9-10,13-14,16,20,27,35-37H,7-8,15H2,1-3H3,(H,32,33). The highest BCUT2D eigenvalue weighted by Crippen LogP contribution is 2.38. The lowest BCUT2D eigenvalue weighted by Crippen LogP contribution is -2.38. The molecule has 2 aromatic heterocycles. The zero-order valence-electron chi connectivity index (χ0n) is 22.0. The number of nitrogens with one attached hydrogen (secondary N) is 4. The molecule has 39 heavy (non-hydrogen) atoms. The number of hydrazine groups is 2. The Kier molecular flexibility index (Phi) is 6.22. The number of hydrogen-bond acceptors (Lipinski definition) is 10. The van der Waals surface area contributed by atoms with Gasteiger partial charge >= 0.3 is 0 Å². The molecular weight excluding hydrogens is 506 g/mol. The summed E-state index contributed by atoms with van der Waals surface area (Å²) in [5, 5.41) is 29.9. The Labute approximate surface area is 231 Å². The van der Waals surface area contributed by atoms with E-state index in [0.29, 0.717) is 34.9 Å². The Morgan fingerprint density at radius 3 is 2.72 bits per heavy atom. The van der Waals surface area contributed by atoms with Crippen LogP contribution in [0.2, 0.25) is 0 Å². The van der Waals surface area contributed by atoms with Gasteiger partial charge in [0.05, 0.1) is 49.8 Å². The molecule has 4 N–H and O–H groups in total. The first kappa shape index (κ1) is 24.9. The third kappa shape index (κ3) is 4.92. The molecule has 196 valence electrons. The Hall–Kier alpha value is -4.38. The Morgan fingerprint density at radius 2 is 1.97 bits per heavy atom. The first-order chi connectivity index (χ1) is 18.8. The van der Waals surface area contributed by atoms with Crippen molar-refractivity contribution in [3.8, 4) is 12.1 Å². The van der Waals surface area contributed by atoms with Crippen LogP contribution in [0.4, 0.5) is 11.4 Å². The summed E-state index contributed by atoms with van der Waals surface area (Å²) in [4.78, 5) is 9.02. The molecular formula is C29H29N9S. The van der Waals surface area contributed by atoms with Crippen molar-refractivity contribution in [3.63, 3.8) is 0 Å². The van der Waals surface area contributed by atoms with Gasteiger partial charge in [0.25, 0.3) is 0 Å². The van der Waals surface area contributed by atoms with Gasteiger partial charge in [-0.05, 0) is 42.0 Å². The minimum absolute atomic E-state index is 0.00416. The molecule has 6 rings (SSSR count). The fourth-order valence-corrected chi connectivity index (χ4v) is 5.60. The molecule has 1 atom stereocenters. The number of hydrogen-bond donors (Lipinski definition) is 4. The van der Waals surface area contributed by atoms with E-state index in [2.05, 4.69) is 81.7 Å². The van der Waals surface area contributed by atoms with Crippen LogP contribution in [0.1, 0.15) is 56.3 Å². The minimum Gasteiger partial charge on any atom is -0.383 e. The molecule has 1 saturated carbocycles. The van der Waals surface area contributed by atoms with E-state index in [1.807, 2.05) is 29.8 Å². The highest BCUT2D eigenvalue weighted by molar-refractivity contribution is 7.17. The van der Waals surface area contributed by atoms with Gasteiger partial charge in [-0.1, -0.05) is 32.9 Å². The largest absolute Gasteiger partial charge is 0.383 e. The third-order valence-corrected chi connectivity index (χ3v) is 7.77. The van der Waals surface area contributed by atoms with Crippen molar-refractivity contribution >= 4 is 43.8 Å². The minimum atomic E-state index is -0.243. The van der Waals surface area contributed by atoms with Crippen LogP contribution < -0.4 is 21.6 Å². The Morgan fingerprint density at radius 1 is 1.15 bits per heavy atom. The van der Waals surface area contributed by atoms with E-state index in [4.69, 9.17) is 0 Å². The van der Waals surface area contributed by atoms with Gasteiger partial charge < -0.3 is 16.1 Å². The van der Waals surface area contributed by atoms with Gasteiger partial charge in [-0.2, -0.15) is 10.5 Å². The average molecular weight is 536 g/mol. The first-order valence-corrected chi connectivity index (χ1v) is 13.8. The predicted molar refractivity (Wildman–Crippen MR) is 154 cm³/mol. The summed E-state index contributed by atoms with van der Waals surface area (Å²) < 4.78 is 1.10. The first-order valence-electron chi connectivity index (χ1n) is 13.0. The van der Waals surface area contributed by atoms with Gasteiger partial charge in [-0.25, -0.2) is 4.98 Å². The van der Waals surface area contributed by atoms with E-state index in [9.17, 15) is 10.5 Å². The number of nitriles is 2. The monoisotopic (exact) mass is 535 g/mol. The van der Waals surface area contributed by atoms with Crippen LogP contribution in [-0.2, 0) is 0 Å². The smallest absolute Gasteiger partial charge is 0.103 e. The molecule has 1 fully saturated rings. The molecule has 1 aliphatic heterocycles. The van der Waals surface area contributed by atoms with E-state index in [1.165, 1.54) is 0 Å². The zero-order valence-corrected chi connectivity index (χ0v) is 22.9. The van der Waals surface area contributed by atoms with Gasteiger partial charge in [-0.15, -0.1) is 16.9 Å². The molecule has 2 aromatic carbocycles. The van der Waals surface area contributed by atoms with Crippen molar-refractivity contribution in [1.82, 2.24) is 25.9 Å². The summed E-state index contributed by atoms with van der Waals surface area (Å²) in [6.45, 7) is 7.06. The van der Waals surface area contributed by atoms with Crippen LogP contribution in [0.5, 0.6) is 0 Å². The van der Waals surface area contributed by atoms with Crippen molar-refractivity contribution in [2.45, 2.75) is 45.7 Å². The fraction of sp³-hybridized carbons (Fsp3) is 0.310. The molecule has 9 nitrogen and oxygen atoms in total. The van der Waals surface area contributed by atoms with Gasteiger partial charge in [0.1, 0.15) is 12.1 Å². The lowest BCUT2D eigenvalue weighted by Gasteiger charge is -2.23. The summed E-state index contributed by atoms with van der Waals surface area (Å²) in [5.74, 6) is 0. The number of fused-ring (bicyclic) bond motifs is 2. The summed E-state index contributed by atoms with van der Waals surface area (Å²) in [7, 11) is 0. The quantitative estimate of drug-likeness (QED) is 0.242. The summed E-state index contributed by atoms with van der Waals surface area (Å²) in [6.07, 6.45) is 5.98. The normalized spacial score (nSPS) is 15.9. The second kappa shape index (κ2) is 9.73. The molecule has 0 spiro atoms. The van der Waals surface area contributed by atoms with Crippen molar-refractivity contribution < 1.29 is 0 Å². The maximum absolute atomic E-state index is 10.1. The van der Waals surface area contributed by atoms with Crippen molar-refractivity contribution in [3.05, 3.63) is 70.6 Å². The Balaban J connectivity index is 1.47. The molecule has 10 heteroatoms. The van der Waals surface area contributed by atoms with Gasteiger partial charge in [-0.3, -0.25) is 9.99 Å². The average Bonchev–Trinajstić information content (AvgIpc) is 3.45. The maximum atomic E-state index is 10.1. The molecule has 1 aliphatic carbocycles. The number of nitrogens with zero attached hydrogens (tertiary/aromatic N) is 5. The van der Waals surface area contributed by atoms with Crippen LogP contribution in [0.3, 0.4) is 0 Å². The molecule has 3 heterocycles. The molecule has 0 saturated heterocycles. The van der Waals surface area contributed by atoms with Crippen LogP contribution in [0.15, 0.2) is 53.9 Å². The van der Waals surface area contributed by atoms with Crippen LogP contribution in [-0.4, -0.2) is 27.6 Å². The number of rotatable bonds is 7. The molecule has 1 unspecified atom stereocenters. The highest BCUT2D eigenvalue weighted by atomic mass is 32.1. The maximum Gasteiger partial charge on any atom is 0.103 e. The summed E-state index contributed by atoms with van der Waals surface area (Å²) >= 11 is 1.61. The lowest BCUT2D eigenvalue weighted by molar-refractivity contribution is 0.260. The van der Waals surface area contributed by atoms with Gasteiger partial charge in [0.15, 0.2) is 0 Å². The second-order valence-corrected chi connectivity index (χ2v) is 12.0. The fourth-order valence-electron chi connectivity index (χ4n) is 4.76. The number of aromatic nitrogens is 2. The second-order valence-electron chi connectivity index (χ2n) is 11.2. The zero-order chi connectivity index (χ0) is 27.1. The van der Waals surface area contributed by atoms with E-state index >= 15 is 0 Å². The van der Waals surface area contributed by atoms with Crippen LogP contribution in [0, 0.1) is 28.1 Å². The SMILES string of the molecule is CC(C)(C)CNc1c(C#N)cnc2c(C#N)cc(NC(C3=CN(C4CC4)NN3)c3cccc4ncsc34)cc12. The van der Waals surface area contributed by atoms with Crippen LogP contribution >= 0.6 is 11.3 Å². The van der Waals surface area contributed by atoms with Crippen molar-refractivity contribution in [2.24, 2.45) is 5.41 Å². The summed E-state index contributed by atoms with van der Waals surface area (Å²) in [6, 6.07) is 14.8. The number of pyridine rings is 1. The van der Waals surface area contributed by atoms with Crippen LogP contribution in [0.25, 0.3) is 21.1 Å². The van der Waals surface area contributed by atoms with E-state index in [0.717, 1.165) is 45.4 Å². The van der Waals surface area contributed by atoms with Crippen molar-refractivity contribution in [2.75, 3.05) is 17.2 Å². The van der Waals surface area contributed by atoms with Gasteiger partial charge in [0.2, 0.25) is 0 Å². The Bertz CT molecular complexity index is 1680. The molecule has 0 radical (unpaired) electrons. The number of benzene rings is 2. The number of thiazole rings is 1. The number of anilines is 2. The molecule has 4 aromatic rings. The topological polar surface area (TPSA) is 125 Å².